The van der Waals surface area contributed by atoms with E-state index in [4.69, 9.17) is 4.52 Å². The Morgan fingerprint density at radius 1 is 1.32 bits per heavy atom. The summed E-state index contributed by atoms with van der Waals surface area (Å²) in [6, 6.07) is 5.24. The largest absolute Gasteiger partial charge is 0.363 e. The fraction of sp³-hybridized carbons (Fsp3) is 0.375. The number of hydrogen-bond donors (Lipinski definition) is 2. The molecule has 2 aromatic heterocycles. The molecule has 2 N–H and O–H groups in total. The van der Waals surface area contributed by atoms with Crippen molar-refractivity contribution < 1.29 is 14.1 Å². The number of rotatable bonds is 7. The van der Waals surface area contributed by atoms with Gasteiger partial charge in [-0.25, -0.2) is 4.98 Å². The van der Waals surface area contributed by atoms with E-state index in [0.717, 1.165) is 5.82 Å². The van der Waals surface area contributed by atoms with Crippen LogP contribution in [0, 0.1) is 6.92 Å². The van der Waals surface area contributed by atoms with Crippen molar-refractivity contribution in [3.05, 3.63) is 30.2 Å². The molecule has 0 radical (unpaired) electrons. The number of aromatic nitrogens is 2. The number of carbonyl (C=O) groups is 2. The number of amides is 2. The lowest BCUT2D eigenvalue weighted by Crippen LogP contribution is -2.25. The van der Waals surface area contributed by atoms with E-state index in [2.05, 4.69) is 20.8 Å². The normalized spacial score (nSPS) is 11.7. The summed E-state index contributed by atoms with van der Waals surface area (Å²) in [7, 11) is 3.79. The van der Waals surface area contributed by atoms with Gasteiger partial charge in [0, 0.05) is 20.2 Å². The third kappa shape index (κ3) is 5.79. The molecule has 1 atom stereocenters. The number of hydrogen-bond acceptors (Lipinski definition) is 7. The molecule has 0 aliphatic rings. The predicted molar refractivity (Wildman–Crippen MR) is 99.0 cm³/mol. The molecule has 2 amide bonds. The van der Waals surface area contributed by atoms with Crippen LogP contribution in [0.2, 0.25) is 0 Å². The summed E-state index contributed by atoms with van der Waals surface area (Å²) in [6.07, 6.45) is 1.60. The molecule has 25 heavy (non-hydrogen) atoms. The van der Waals surface area contributed by atoms with Gasteiger partial charge in [0.2, 0.25) is 11.8 Å². The van der Waals surface area contributed by atoms with Gasteiger partial charge < -0.3 is 20.1 Å². The molecule has 8 nitrogen and oxygen atoms in total. The molecule has 0 saturated carbocycles. The maximum atomic E-state index is 12.0. The predicted octanol–water partition coefficient (Wildman–Crippen LogP) is 2.14. The van der Waals surface area contributed by atoms with Crippen LogP contribution in [0.4, 0.5) is 17.3 Å². The van der Waals surface area contributed by atoms with Crippen LogP contribution in [-0.4, -0.2) is 47.1 Å². The monoisotopic (exact) mass is 363 g/mol. The van der Waals surface area contributed by atoms with Gasteiger partial charge in [0.25, 0.3) is 0 Å². The van der Waals surface area contributed by atoms with Crippen LogP contribution >= 0.6 is 11.8 Å². The molecule has 0 fully saturated rings. The van der Waals surface area contributed by atoms with Crippen LogP contribution in [0.1, 0.15) is 12.7 Å². The highest BCUT2D eigenvalue weighted by atomic mass is 32.2. The maximum absolute atomic E-state index is 12.0. The molecule has 9 heteroatoms. The van der Waals surface area contributed by atoms with E-state index in [-0.39, 0.29) is 17.6 Å². The molecular formula is C16H21N5O3S. The molecule has 2 aromatic rings. The Hall–Kier alpha value is -2.55. The minimum absolute atomic E-state index is 0.155. The lowest BCUT2D eigenvalue weighted by molar-refractivity contribution is -0.115. The van der Waals surface area contributed by atoms with E-state index in [0.29, 0.717) is 17.3 Å². The Labute approximate surface area is 150 Å². The van der Waals surface area contributed by atoms with Crippen molar-refractivity contribution in [3.63, 3.8) is 0 Å². The van der Waals surface area contributed by atoms with Gasteiger partial charge in [-0.3, -0.25) is 9.59 Å². The van der Waals surface area contributed by atoms with Crippen LogP contribution in [0.3, 0.4) is 0 Å². The summed E-state index contributed by atoms with van der Waals surface area (Å²) >= 11 is 1.23. The van der Waals surface area contributed by atoms with E-state index in [1.54, 1.807) is 32.2 Å². The molecule has 0 aliphatic heterocycles. The molecule has 0 bridgehead atoms. The number of carbonyl (C=O) groups excluding carboxylic acids is 2. The average molecular weight is 363 g/mol. The second-order valence-electron chi connectivity index (χ2n) is 5.61. The van der Waals surface area contributed by atoms with Crippen molar-refractivity contribution >= 4 is 40.9 Å². The van der Waals surface area contributed by atoms with E-state index < -0.39 is 5.25 Å². The number of anilines is 3. The van der Waals surface area contributed by atoms with Gasteiger partial charge in [-0.05, 0) is 26.0 Å². The quantitative estimate of drug-likeness (QED) is 0.777. The minimum atomic E-state index is -0.406. The maximum Gasteiger partial charge on any atom is 0.238 e. The zero-order valence-electron chi connectivity index (χ0n) is 14.6. The van der Waals surface area contributed by atoms with Crippen LogP contribution in [0.25, 0.3) is 0 Å². The number of nitrogens with zero attached hydrogens (tertiary/aromatic N) is 3. The van der Waals surface area contributed by atoms with Crippen LogP contribution in [-0.2, 0) is 9.59 Å². The Morgan fingerprint density at radius 2 is 2.08 bits per heavy atom. The molecule has 0 spiro atoms. The highest BCUT2D eigenvalue weighted by molar-refractivity contribution is 8.01. The third-order valence-electron chi connectivity index (χ3n) is 3.20. The van der Waals surface area contributed by atoms with E-state index in [1.165, 1.54) is 11.8 Å². The zero-order chi connectivity index (χ0) is 18.4. The van der Waals surface area contributed by atoms with E-state index in [9.17, 15) is 9.59 Å². The molecule has 1 unspecified atom stereocenters. The summed E-state index contributed by atoms with van der Waals surface area (Å²) < 4.78 is 4.89. The highest BCUT2D eigenvalue weighted by Gasteiger charge is 2.17. The van der Waals surface area contributed by atoms with Crippen LogP contribution in [0.5, 0.6) is 0 Å². The fourth-order valence-corrected chi connectivity index (χ4v) is 2.54. The van der Waals surface area contributed by atoms with Crippen molar-refractivity contribution in [2.75, 3.05) is 35.4 Å². The summed E-state index contributed by atoms with van der Waals surface area (Å²) in [5.41, 5.74) is 0.617. The molecule has 2 heterocycles. The van der Waals surface area contributed by atoms with Crippen molar-refractivity contribution in [2.24, 2.45) is 0 Å². The van der Waals surface area contributed by atoms with Gasteiger partial charge in [0.15, 0.2) is 5.82 Å². The molecule has 2 rings (SSSR count). The molecule has 0 aliphatic carbocycles. The standard InChI is InChI=1S/C16H21N5O3S/c1-10-7-13(20-24-10)19-16(23)11(2)25-9-15(22)18-12-5-6-14(17-8-12)21(3)4/h5-8,11H,9H2,1-4H3,(H,18,22)(H,19,20,23). The number of aryl methyl sites for hydroxylation is 1. The van der Waals surface area contributed by atoms with Gasteiger partial charge in [0.05, 0.1) is 22.9 Å². The average Bonchev–Trinajstić information content (AvgIpc) is 2.98. The molecule has 134 valence electrons. The highest BCUT2D eigenvalue weighted by Crippen LogP contribution is 2.16. The van der Waals surface area contributed by atoms with Crippen molar-refractivity contribution in [2.45, 2.75) is 19.1 Å². The summed E-state index contributed by atoms with van der Waals surface area (Å²) in [5, 5.41) is 8.69. The topological polar surface area (TPSA) is 100 Å². The first-order valence-corrected chi connectivity index (χ1v) is 8.69. The first-order chi connectivity index (χ1) is 11.8. The lowest BCUT2D eigenvalue weighted by atomic mass is 10.4. The van der Waals surface area contributed by atoms with Gasteiger partial charge in [-0.2, -0.15) is 0 Å². The Morgan fingerprint density at radius 3 is 2.64 bits per heavy atom. The molecular weight excluding hydrogens is 342 g/mol. The third-order valence-corrected chi connectivity index (χ3v) is 4.35. The number of thioether (sulfide) groups is 1. The van der Waals surface area contributed by atoms with Crippen LogP contribution in [0.15, 0.2) is 28.9 Å². The Kier molecular flexibility index (Phi) is 6.40. The number of pyridine rings is 1. The summed E-state index contributed by atoms with van der Waals surface area (Å²) in [6.45, 7) is 3.47. The zero-order valence-corrected chi connectivity index (χ0v) is 15.4. The summed E-state index contributed by atoms with van der Waals surface area (Å²) in [4.78, 5) is 30.1. The van der Waals surface area contributed by atoms with Crippen molar-refractivity contribution in [1.29, 1.82) is 0 Å². The van der Waals surface area contributed by atoms with Gasteiger partial charge in [-0.1, -0.05) is 5.16 Å². The van der Waals surface area contributed by atoms with Gasteiger partial charge in [0.1, 0.15) is 11.6 Å². The van der Waals surface area contributed by atoms with E-state index >= 15 is 0 Å². The molecule has 0 aromatic carbocycles. The lowest BCUT2D eigenvalue weighted by Gasteiger charge is -2.12. The minimum Gasteiger partial charge on any atom is -0.363 e. The summed E-state index contributed by atoms with van der Waals surface area (Å²) in [5.74, 6) is 1.52. The van der Waals surface area contributed by atoms with Gasteiger partial charge >= 0.3 is 0 Å². The number of nitrogens with one attached hydrogen (secondary N) is 2. The second-order valence-corrected chi connectivity index (χ2v) is 6.94. The van der Waals surface area contributed by atoms with Crippen LogP contribution < -0.4 is 15.5 Å². The molecule has 0 saturated heterocycles. The second kappa shape index (κ2) is 8.52. The van der Waals surface area contributed by atoms with Crippen molar-refractivity contribution in [1.82, 2.24) is 10.1 Å². The van der Waals surface area contributed by atoms with E-state index in [1.807, 2.05) is 25.1 Å². The smallest absolute Gasteiger partial charge is 0.238 e. The first-order valence-electron chi connectivity index (χ1n) is 7.64. The van der Waals surface area contributed by atoms with Crippen molar-refractivity contribution in [3.8, 4) is 0 Å². The Bertz CT molecular complexity index is 730. The first kappa shape index (κ1) is 18.8. The van der Waals surface area contributed by atoms with Gasteiger partial charge in [-0.15, -0.1) is 11.8 Å². The fourth-order valence-electron chi connectivity index (χ4n) is 1.85. The Balaban J connectivity index is 1.77. The SMILES string of the molecule is Cc1cc(NC(=O)C(C)SCC(=O)Nc2ccc(N(C)C)nc2)no1.